The molecule has 0 aliphatic carbocycles. The lowest BCUT2D eigenvalue weighted by atomic mass is 10.2. The van der Waals surface area contributed by atoms with Gasteiger partial charge in [0, 0.05) is 24.7 Å². The molecule has 120 valence electrons. The molecule has 0 aliphatic heterocycles. The molecule has 10 heteroatoms. The lowest BCUT2D eigenvalue weighted by molar-refractivity contribution is -0.134. The van der Waals surface area contributed by atoms with E-state index in [2.05, 4.69) is 10.3 Å². The highest BCUT2D eigenvalue weighted by Gasteiger charge is 2.28. The number of fused-ring (bicyclic) bond motifs is 1. The number of carbonyl (C=O) groups is 1. The molecule has 0 radical (unpaired) electrons. The number of aryl methyl sites for hydroxylation is 1. The highest BCUT2D eigenvalue weighted by molar-refractivity contribution is 5.79. The Morgan fingerprint density at radius 1 is 1.41 bits per heavy atom. The number of rotatable bonds is 5. The van der Waals surface area contributed by atoms with Crippen molar-refractivity contribution < 1.29 is 23.2 Å². The third kappa shape index (κ3) is 3.79. The number of nitrogens with two attached hydrogens (primary N) is 1. The number of halogens is 3. The van der Waals surface area contributed by atoms with E-state index in [1.807, 2.05) is 0 Å². The minimum Gasteiger partial charge on any atom is -0.398 e. The zero-order valence-corrected chi connectivity index (χ0v) is 11.3. The summed E-state index contributed by atoms with van der Waals surface area (Å²) >= 11 is 0. The molecule has 0 saturated heterocycles. The fourth-order valence-electron chi connectivity index (χ4n) is 1.95. The molecule has 2 aromatic rings. The number of anilines is 2. The van der Waals surface area contributed by atoms with E-state index in [1.54, 1.807) is 12.1 Å². The molecule has 2 aromatic heterocycles. The first kappa shape index (κ1) is 15.9. The minimum atomic E-state index is -4.32. The molecule has 22 heavy (non-hydrogen) atoms. The summed E-state index contributed by atoms with van der Waals surface area (Å²) in [5.74, 6) is -0.600. The minimum absolute atomic E-state index is 0.137. The molecule has 0 spiro atoms. The van der Waals surface area contributed by atoms with Gasteiger partial charge in [0.2, 0.25) is 0 Å². The number of imidazole rings is 1. The number of alkyl halides is 3. The summed E-state index contributed by atoms with van der Waals surface area (Å²) in [5, 5.41) is 11.0. The third-order valence-electron chi connectivity index (χ3n) is 2.93. The molecular weight excluding hydrogens is 303 g/mol. The Labute approximate surface area is 122 Å². The van der Waals surface area contributed by atoms with Crippen LogP contribution in [0.4, 0.5) is 24.7 Å². The number of pyridine rings is 1. The van der Waals surface area contributed by atoms with E-state index in [4.69, 9.17) is 10.9 Å². The molecule has 2 heterocycles. The summed E-state index contributed by atoms with van der Waals surface area (Å²) in [6, 6.07) is 3.13. The van der Waals surface area contributed by atoms with E-state index < -0.39 is 18.5 Å². The quantitative estimate of drug-likeness (QED) is 0.492. The van der Waals surface area contributed by atoms with Crippen molar-refractivity contribution in [3.63, 3.8) is 0 Å². The van der Waals surface area contributed by atoms with Crippen molar-refractivity contribution in [2.45, 2.75) is 19.0 Å². The van der Waals surface area contributed by atoms with Crippen molar-refractivity contribution >= 4 is 23.1 Å². The van der Waals surface area contributed by atoms with Gasteiger partial charge in [-0.2, -0.15) is 13.2 Å². The van der Waals surface area contributed by atoms with Crippen molar-refractivity contribution in [3.05, 3.63) is 24.0 Å². The van der Waals surface area contributed by atoms with Crippen LogP contribution < -0.4 is 16.5 Å². The van der Waals surface area contributed by atoms with Crippen LogP contribution in [0.5, 0.6) is 0 Å². The molecule has 2 rings (SSSR count). The maximum atomic E-state index is 12.5. The summed E-state index contributed by atoms with van der Waals surface area (Å²) in [4.78, 5) is 15.2. The van der Waals surface area contributed by atoms with Crippen molar-refractivity contribution in [1.82, 2.24) is 14.9 Å². The highest BCUT2D eigenvalue weighted by Crippen LogP contribution is 2.26. The van der Waals surface area contributed by atoms with E-state index in [9.17, 15) is 18.0 Å². The summed E-state index contributed by atoms with van der Waals surface area (Å²) in [7, 11) is 0. The molecule has 0 saturated carbocycles. The number of hydroxylamine groups is 1. The molecular formula is C12H14F3N5O2. The Kier molecular flexibility index (Phi) is 4.40. The topological polar surface area (TPSA) is 105 Å². The number of aromatic nitrogens is 2. The van der Waals surface area contributed by atoms with E-state index in [0.29, 0.717) is 11.3 Å². The van der Waals surface area contributed by atoms with Gasteiger partial charge in [-0.15, -0.1) is 0 Å². The van der Waals surface area contributed by atoms with Crippen LogP contribution in [0.1, 0.15) is 12.1 Å². The van der Waals surface area contributed by atoms with Crippen LogP contribution in [-0.4, -0.2) is 33.2 Å². The number of amides is 1. The molecule has 7 nitrogen and oxygen atoms in total. The molecule has 5 N–H and O–H groups in total. The lowest BCUT2D eigenvalue weighted by Gasteiger charge is -2.09. The maximum absolute atomic E-state index is 12.5. The normalized spacial score (nSPS) is 11.6. The first-order valence-corrected chi connectivity index (χ1v) is 6.30. The van der Waals surface area contributed by atoms with Gasteiger partial charge in [0.05, 0.1) is 12.2 Å². The van der Waals surface area contributed by atoms with Crippen LogP contribution in [0.2, 0.25) is 0 Å². The molecule has 0 fully saturated rings. The number of nitrogens with one attached hydrogen (secondary N) is 2. The van der Waals surface area contributed by atoms with Crippen LogP contribution in [-0.2, 0) is 11.2 Å². The van der Waals surface area contributed by atoms with Gasteiger partial charge >= 0.3 is 6.18 Å². The molecule has 1 amide bonds. The van der Waals surface area contributed by atoms with E-state index >= 15 is 0 Å². The fourth-order valence-corrected chi connectivity index (χ4v) is 1.95. The first-order valence-electron chi connectivity index (χ1n) is 6.30. The summed E-state index contributed by atoms with van der Waals surface area (Å²) in [5.41, 5.74) is 8.09. The fraction of sp³-hybridized carbons (Fsp3) is 0.333. The van der Waals surface area contributed by atoms with Crippen molar-refractivity contribution in [2.24, 2.45) is 0 Å². The predicted octanol–water partition coefficient (Wildman–Crippen LogP) is 1.33. The van der Waals surface area contributed by atoms with Gasteiger partial charge in [-0.1, -0.05) is 0 Å². The number of carbonyl (C=O) groups excluding carboxylic acids is 1. The van der Waals surface area contributed by atoms with Gasteiger partial charge < -0.3 is 11.1 Å². The van der Waals surface area contributed by atoms with E-state index in [-0.39, 0.29) is 24.5 Å². The first-order chi connectivity index (χ1) is 10.3. The Balaban J connectivity index is 2.33. The second-order valence-corrected chi connectivity index (χ2v) is 4.60. The van der Waals surface area contributed by atoms with Gasteiger partial charge in [0.15, 0.2) is 0 Å². The second kappa shape index (κ2) is 6.10. The summed E-state index contributed by atoms with van der Waals surface area (Å²) in [6.07, 6.45) is -4.21. The molecule has 0 atom stereocenters. The van der Waals surface area contributed by atoms with Crippen molar-refractivity contribution in [3.8, 4) is 0 Å². The van der Waals surface area contributed by atoms with Crippen molar-refractivity contribution in [1.29, 1.82) is 0 Å². The Morgan fingerprint density at radius 2 is 2.14 bits per heavy atom. The average molecular weight is 317 g/mol. The Morgan fingerprint density at radius 3 is 2.77 bits per heavy atom. The predicted molar refractivity (Wildman–Crippen MR) is 72.4 cm³/mol. The number of nitrogen functional groups attached to an aromatic ring is 1. The lowest BCUT2D eigenvalue weighted by Crippen LogP contribution is -2.27. The number of nitrogens with zero attached hydrogens (tertiary/aromatic N) is 2. The smallest absolute Gasteiger partial charge is 0.389 e. The van der Waals surface area contributed by atoms with Gasteiger partial charge in [-0.3, -0.25) is 14.4 Å². The van der Waals surface area contributed by atoms with Crippen molar-refractivity contribution in [2.75, 3.05) is 17.6 Å². The SMILES string of the molecule is Nc1ccc2nc(NCC(=O)NO)c(CCC(F)(F)F)n2c1. The monoisotopic (exact) mass is 317 g/mol. The second-order valence-electron chi connectivity index (χ2n) is 4.60. The van der Waals surface area contributed by atoms with Gasteiger partial charge in [0.25, 0.3) is 5.91 Å². The third-order valence-corrected chi connectivity index (χ3v) is 2.93. The van der Waals surface area contributed by atoms with E-state index in [0.717, 1.165) is 0 Å². The van der Waals surface area contributed by atoms with Crippen LogP contribution in [0.25, 0.3) is 5.65 Å². The zero-order valence-electron chi connectivity index (χ0n) is 11.3. The molecule has 0 aromatic carbocycles. The Bertz CT molecular complexity index is 683. The largest absolute Gasteiger partial charge is 0.398 e. The van der Waals surface area contributed by atoms with Crippen LogP contribution in [0, 0.1) is 0 Å². The average Bonchev–Trinajstić information content (AvgIpc) is 2.78. The van der Waals surface area contributed by atoms with Gasteiger partial charge in [0.1, 0.15) is 11.5 Å². The summed E-state index contributed by atoms with van der Waals surface area (Å²) in [6.45, 7) is -0.325. The molecule has 0 aliphatic rings. The standard InChI is InChI=1S/C12H14F3N5O2/c13-12(14,15)4-3-8-11(17-5-10(21)19-22)18-9-2-1-7(16)6-20(8)9/h1-2,6,17,22H,3-5,16H2,(H,19,21). The zero-order chi connectivity index (χ0) is 16.3. The van der Waals surface area contributed by atoms with E-state index in [1.165, 1.54) is 16.1 Å². The Hall–Kier alpha value is -2.49. The van der Waals surface area contributed by atoms with Gasteiger partial charge in [-0.05, 0) is 12.1 Å². The molecule has 0 unspecified atom stereocenters. The summed E-state index contributed by atoms with van der Waals surface area (Å²) < 4.78 is 38.8. The van der Waals surface area contributed by atoms with Crippen LogP contribution in [0.3, 0.4) is 0 Å². The molecule has 0 bridgehead atoms. The van der Waals surface area contributed by atoms with Crippen LogP contribution in [0.15, 0.2) is 18.3 Å². The number of hydrogen-bond donors (Lipinski definition) is 4. The maximum Gasteiger partial charge on any atom is 0.389 e. The van der Waals surface area contributed by atoms with Gasteiger partial charge in [-0.25, -0.2) is 10.5 Å². The van der Waals surface area contributed by atoms with Crippen LogP contribution >= 0.6 is 0 Å². The number of hydrogen-bond acceptors (Lipinski definition) is 5. The highest BCUT2D eigenvalue weighted by atomic mass is 19.4.